The maximum atomic E-state index is 14.7. The summed E-state index contributed by atoms with van der Waals surface area (Å²) in [4.78, 5) is 16.2. The average Bonchev–Trinajstić information content (AvgIpc) is 2.90. The largest absolute Gasteiger partial charge is 0.512 e. The zero-order chi connectivity index (χ0) is 28.7. The number of halogens is 1. The number of rotatable bonds is 8. The molecular formula is C35H41FIrNO2-. The number of fused-ring (bicyclic) bond motifs is 3. The number of aliphatic hydroxyl groups is 1. The summed E-state index contributed by atoms with van der Waals surface area (Å²) in [6.07, 6.45) is 6.70. The van der Waals surface area contributed by atoms with Gasteiger partial charge in [-0.15, -0.1) is 34.9 Å². The summed E-state index contributed by atoms with van der Waals surface area (Å²) in [5.41, 5.74) is 4.94. The molecule has 0 saturated carbocycles. The summed E-state index contributed by atoms with van der Waals surface area (Å²) < 4.78 is 14.7. The molecule has 0 atom stereocenters. The maximum absolute atomic E-state index is 14.7. The standard InChI is InChI=1S/C22H17FN.C13H24O2.Ir/c1-13-4-5-17-18-6-7-24-22(16-9-14(2)8-15(3)10-16)20(18)12-21(23)19(17)11-13;1-5-10(6-2)12(14)9-13(15)11(7-3)8-4;/h4-9,11-12H,1-3H3;9-11,14H,5-8H2,1-4H3;/q-1;;. The number of hydrogen-bond acceptors (Lipinski definition) is 3. The van der Waals surface area contributed by atoms with Gasteiger partial charge in [0, 0.05) is 49.6 Å². The molecule has 0 unspecified atom stereocenters. The fraction of sp³-hybridized carbons (Fsp3) is 0.371. The van der Waals surface area contributed by atoms with Gasteiger partial charge in [0.05, 0.1) is 5.76 Å². The van der Waals surface area contributed by atoms with Gasteiger partial charge in [0.25, 0.3) is 0 Å². The van der Waals surface area contributed by atoms with Gasteiger partial charge >= 0.3 is 0 Å². The van der Waals surface area contributed by atoms with E-state index in [-0.39, 0.29) is 49.3 Å². The van der Waals surface area contributed by atoms with Crippen molar-refractivity contribution < 1.29 is 34.4 Å². The number of aryl methyl sites for hydroxylation is 3. The molecule has 1 aromatic heterocycles. The smallest absolute Gasteiger partial charge is 0.162 e. The van der Waals surface area contributed by atoms with E-state index in [1.54, 1.807) is 12.3 Å². The zero-order valence-corrected chi connectivity index (χ0v) is 27.1. The predicted molar refractivity (Wildman–Crippen MR) is 162 cm³/mol. The van der Waals surface area contributed by atoms with E-state index < -0.39 is 0 Å². The Morgan fingerprint density at radius 3 is 2.08 bits per heavy atom. The van der Waals surface area contributed by atoms with Crippen LogP contribution in [0.3, 0.4) is 0 Å². The monoisotopic (exact) mass is 719 g/mol. The third kappa shape index (κ3) is 7.86. The van der Waals surface area contributed by atoms with E-state index in [0.29, 0.717) is 5.39 Å². The zero-order valence-electron chi connectivity index (χ0n) is 24.7. The number of hydrogen-bond donors (Lipinski definition) is 1. The molecule has 3 nitrogen and oxygen atoms in total. The van der Waals surface area contributed by atoms with Crippen LogP contribution in [0.5, 0.6) is 0 Å². The van der Waals surface area contributed by atoms with Crippen molar-refractivity contribution >= 4 is 27.3 Å². The molecule has 40 heavy (non-hydrogen) atoms. The van der Waals surface area contributed by atoms with Gasteiger partial charge in [-0.1, -0.05) is 59.2 Å². The third-order valence-electron chi connectivity index (χ3n) is 7.47. The van der Waals surface area contributed by atoms with Crippen LogP contribution in [0, 0.1) is 44.5 Å². The number of ketones is 1. The number of nitrogens with zero attached hydrogens (tertiary/aromatic N) is 1. The molecule has 0 fully saturated rings. The molecular weight excluding hydrogens is 678 g/mol. The van der Waals surface area contributed by atoms with Crippen molar-refractivity contribution in [2.24, 2.45) is 11.8 Å². The van der Waals surface area contributed by atoms with E-state index in [9.17, 15) is 14.3 Å². The van der Waals surface area contributed by atoms with Crippen LogP contribution in [-0.4, -0.2) is 15.9 Å². The molecule has 0 aliphatic heterocycles. The van der Waals surface area contributed by atoms with E-state index in [1.807, 2.05) is 78.8 Å². The van der Waals surface area contributed by atoms with Crippen LogP contribution in [0.25, 0.3) is 32.8 Å². The second kappa shape index (κ2) is 15.2. The van der Waals surface area contributed by atoms with Gasteiger partial charge in [0.15, 0.2) is 5.78 Å². The van der Waals surface area contributed by atoms with Gasteiger partial charge in [-0.05, 0) is 72.7 Å². The van der Waals surface area contributed by atoms with Gasteiger partial charge in [-0.3, -0.25) is 4.79 Å². The minimum absolute atomic E-state index is 0. The second-order valence-electron chi connectivity index (χ2n) is 10.4. The molecule has 0 amide bonds. The molecule has 1 heterocycles. The minimum Gasteiger partial charge on any atom is -0.512 e. The Balaban J connectivity index is 0.000000307. The molecule has 4 rings (SSSR count). The van der Waals surface area contributed by atoms with Crippen LogP contribution < -0.4 is 0 Å². The van der Waals surface area contributed by atoms with Crippen LogP contribution in [0.15, 0.2) is 60.5 Å². The molecule has 5 heteroatoms. The van der Waals surface area contributed by atoms with Crippen LogP contribution >= 0.6 is 0 Å². The van der Waals surface area contributed by atoms with Gasteiger partial charge in [-0.2, -0.15) is 0 Å². The van der Waals surface area contributed by atoms with Gasteiger partial charge in [-0.25, -0.2) is 4.39 Å². The van der Waals surface area contributed by atoms with Crippen molar-refractivity contribution in [3.05, 3.63) is 89.1 Å². The SMILES string of the molecule is CCC(CC)C(=O)C=C(O)C(CC)CC.Cc1[c-]c(-c2nccc3c2cc(F)c2cc(C)ccc23)cc(C)c1.[Ir]. The molecule has 215 valence electrons. The number of carbonyl (C=O) groups is 1. The number of pyridine rings is 1. The van der Waals surface area contributed by atoms with E-state index in [1.165, 1.54) is 6.08 Å². The molecule has 3 aromatic carbocycles. The molecule has 4 aromatic rings. The predicted octanol–water partition coefficient (Wildman–Crippen LogP) is 9.79. The second-order valence-corrected chi connectivity index (χ2v) is 10.4. The van der Waals surface area contributed by atoms with Crippen molar-refractivity contribution in [1.82, 2.24) is 4.98 Å². The summed E-state index contributed by atoms with van der Waals surface area (Å²) in [7, 11) is 0. The molecule has 0 spiro atoms. The van der Waals surface area contributed by atoms with Crippen LogP contribution in [-0.2, 0) is 24.9 Å². The van der Waals surface area contributed by atoms with Crippen molar-refractivity contribution in [1.29, 1.82) is 0 Å². The number of benzene rings is 3. The summed E-state index contributed by atoms with van der Waals surface area (Å²) in [6.45, 7) is 14.1. The van der Waals surface area contributed by atoms with E-state index >= 15 is 0 Å². The maximum Gasteiger partial charge on any atom is 0.162 e. The number of carbonyl (C=O) groups excluding carboxylic acids is 1. The van der Waals surface area contributed by atoms with E-state index in [2.05, 4.69) is 17.1 Å². The molecule has 0 aliphatic rings. The van der Waals surface area contributed by atoms with E-state index in [0.717, 1.165) is 69.8 Å². The number of allylic oxidation sites excluding steroid dienone is 2. The summed E-state index contributed by atoms with van der Waals surface area (Å²) in [5, 5.41) is 13.2. The Hall–Kier alpha value is -2.88. The molecule has 1 N–H and O–H groups in total. The average molecular weight is 719 g/mol. The number of aliphatic hydroxyl groups excluding tert-OH is 1. The Morgan fingerprint density at radius 2 is 1.48 bits per heavy atom. The Morgan fingerprint density at radius 1 is 0.850 bits per heavy atom. The molecule has 1 radical (unpaired) electrons. The minimum atomic E-state index is -0.208. The Bertz CT molecular complexity index is 1470. The molecule has 0 saturated heterocycles. The normalized spacial score (nSPS) is 11.5. The number of aromatic nitrogens is 1. The fourth-order valence-electron chi connectivity index (χ4n) is 5.17. The third-order valence-corrected chi connectivity index (χ3v) is 7.47. The van der Waals surface area contributed by atoms with Crippen molar-refractivity contribution in [2.75, 3.05) is 0 Å². The first kappa shape index (κ1) is 33.3. The summed E-state index contributed by atoms with van der Waals surface area (Å²) in [6, 6.07) is 16.9. The topological polar surface area (TPSA) is 50.2 Å². The van der Waals surface area contributed by atoms with Crippen molar-refractivity contribution in [3.63, 3.8) is 0 Å². The van der Waals surface area contributed by atoms with Crippen LogP contribution in [0.1, 0.15) is 70.1 Å². The molecule has 0 bridgehead atoms. The first-order valence-electron chi connectivity index (χ1n) is 14.1. The van der Waals surface area contributed by atoms with Crippen molar-refractivity contribution in [2.45, 2.75) is 74.1 Å². The molecule has 0 aliphatic carbocycles. The summed E-state index contributed by atoms with van der Waals surface area (Å²) in [5.74, 6) is 0.339. The van der Waals surface area contributed by atoms with Crippen LogP contribution in [0.4, 0.5) is 4.39 Å². The first-order valence-corrected chi connectivity index (χ1v) is 14.1. The van der Waals surface area contributed by atoms with E-state index in [4.69, 9.17) is 0 Å². The van der Waals surface area contributed by atoms with Crippen molar-refractivity contribution in [3.8, 4) is 11.3 Å². The quantitative estimate of drug-likeness (QED) is 0.0855. The fourth-order valence-corrected chi connectivity index (χ4v) is 5.17. The van der Waals surface area contributed by atoms with Gasteiger partial charge < -0.3 is 10.1 Å². The first-order chi connectivity index (χ1) is 18.6. The Labute approximate surface area is 252 Å². The Kier molecular flexibility index (Phi) is 12.7. The van der Waals surface area contributed by atoms with Gasteiger partial charge in [0.2, 0.25) is 0 Å². The summed E-state index contributed by atoms with van der Waals surface area (Å²) >= 11 is 0. The van der Waals surface area contributed by atoms with Crippen LogP contribution in [0.2, 0.25) is 0 Å². The van der Waals surface area contributed by atoms with Gasteiger partial charge in [0.1, 0.15) is 5.82 Å².